The Bertz CT molecular complexity index is 273. The molecule has 0 amide bonds. The minimum Gasteiger partial charge on any atom is -0.378 e. The van der Waals surface area contributed by atoms with E-state index in [0.717, 1.165) is 19.6 Å². The molecule has 2 atom stereocenters. The molecule has 2 nitrogen and oxygen atoms in total. The number of nitrogens with two attached hydrogens (primary N) is 1. The molecule has 1 aromatic rings. The molecule has 0 aromatic carbocycles. The van der Waals surface area contributed by atoms with Crippen LogP contribution in [0.25, 0.3) is 0 Å². The SMILES string of the molecule is NCC1CCCC1OCCc1cccs1. The normalized spacial score (nSPS) is 25.9. The van der Waals surface area contributed by atoms with E-state index in [-0.39, 0.29) is 0 Å². The molecular formula is C12H19NOS. The lowest BCUT2D eigenvalue weighted by atomic mass is 10.1. The Morgan fingerprint density at radius 3 is 3.13 bits per heavy atom. The molecule has 0 saturated heterocycles. The number of ether oxygens (including phenoxy) is 1. The second-order valence-corrected chi connectivity index (χ2v) is 5.20. The van der Waals surface area contributed by atoms with Gasteiger partial charge in [-0.2, -0.15) is 0 Å². The summed E-state index contributed by atoms with van der Waals surface area (Å²) < 4.78 is 5.91. The number of hydrogen-bond donors (Lipinski definition) is 1. The van der Waals surface area contributed by atoms with E-state index in [1.54, 1.807) is 0 Å². The van der Waals surface area contributed by atoms with E-state index < -0.39 is 0 Å². The van der Waals surface area contributed by atoms with Gasteiger partial charge >= 0.3 is 0 Å². The van der Waals surface area contributed by atoms with E-state index >= 15 is 0 Å². The summed E-state index contributed by atoms with van der Waals surface area (Å²) in [6, 6.07) is 4.27. The molecule has 84 valence electrons. The van der Waals surface area contributed by atoms with Crippen LogP contribution in [-0.4, -0.2) is 19.3 Å². The molecule has 2 N–H and O–H groups in total. The van der Waals surface area contributed by atoms with Gasteiger partial charge in [-0.3, -0.25) is 0 Å². The topological polar surface area (TPSA) is 35.2 Å². The molecule has 1 heterocycles. The Labute approximate surface area is 95.4 Å². The molecule has 1 aromatic heterocycles. The molecule has 3 heteroatoms. The first-order valence-corrected chi connectivity index (χ1v) is 6.62. The van der Waals surface area contributed by atoms with Gasteiger partial charge in [-0.25, -0.2) is 0 Å². The number of thiophene rings is 1. The predicted octanol–water partition coefficient (Wildman–Crippen LogP) is 2.43. The largest absolute Gasteiger partial charge is 0.378 e. The van der Waals surface area contributed by atoms with Gasteiger partial charge in [0.25, 0.3) is 0 Å². The van der Waals surface area contributed by atoms with Crippen LogP contribution in [0.2, 0.25) is 0 Å². The third kappa shape index (κ3) is 3.03. The fourth-order valence-corrected chi connectivity index (χ4v) is 2.95. The predicted molar refractivity (Wildman–Crippen MR) is 64.2 cm³/mol. The molecule has 1 fully saturated rings. The molecule has 15 heavy (non-hydrogen) atoms. The summed E-state index contributed by atoms with van der Waals surface area (Å²) in [4.78, 5) is 1.41. The summed E-state index contributed by atoms with van der Waals surface area (Å²) in [5.74, 6) is 0.605. The highest BCUT2D eigenvalue weighted by Crippen LogP contribution is 2.27. The molecule has 0 radical (unpaired) electrons. The Kier molecular flexibility index (Phi) is 4.18. The summed E-state index contributed by atoms with van der Waals surface area (Å²) in [5.41, 5.74) is 5.71. The van der Waals surface area contributed by atoms with Crippen molar-refractivity contribution >= 4 is 11.3 Å². The van der Waals surface area contributed by atoms with Gasteiger partial charge in [0.2, 0.25) is 0 Å². The van der Waals surface area contributed by atoms with Crippen LogP contribution in [0.5, 0.6) is 0 Å². The van der Waals surface area contributed by atoms with E-state index in [4.69, 9.17) is 10.5 Å². The van der Waals surface area contributed by atoms with Gasteiger partial charge in [-0.05, 0) is 36.8 Å². The Morgan fingerprint density at radius 2 is 2.40 bits per heavy atom. The lowest BCUT2D eigenvalue weighted by molar-refractivity contribution is 0.0323. The zero-order chi connectivity index (χ0) is 10.5. The molecule has 0 aliphatic heterocycles. The average molecular weight is 225 g/mol. The van der Waals surface area contributed by atoms with Crippen LogP contribution >= 0.6 is 11.3 Å². The fourth-order valence-electron chi connectivity index (χ4n) is 2.26. The van der Waals surface area contributed by atoms with Crippen molar-refractivity contribution in [1.82, 2.24) is 0 Å². The second kappa shape index (κ2) is 5.64. The summed E-state index contributed by atoms with van der Waals surface area (Å²) in [6.45, 7) is 1.63. The van der Waals surface area contributed by atoms with Gasteiger partial charge in [0.1, 0.15) is 0 Å². The van der Waals surface area contributed by atoms with Crippen LogP contribution < -0.4 is 5.73 Å². The van der Waals surface area contributed by atoms with Crippen LogP contribution in [0, 0.1) is 5.92 Å². The second-order valence-electron chi connectivity index (χ2n) is 4.17. The van der Waals surface area contributed by atoms with E-state index in [2.05, 4.69) is 17.5 Å². The van der Waals surface area contributed by atoms with Crippen LogP contribution in [0.4, 0.5) is 0 Å². The average Bonchev–Trinajstić information content (AvgIpc) is 2.88. The first-order chi connectivity index (χ1) is 7.40. The highest BCUT2D eigenvalue weighted by atomic mass is 32.1. The van der Waals surface area contributed by atoms with Gasteiger partial charge in [0.15, 0.2) is 0 Å². The molecule has 1 aliphatic rings. The third-order valence-electron chi connectivity index (χ3n) is 3.15. The molecule has 2 rings (SSSR count). The molecule has 0 spiro atoms. The highest BCUT2D eigenvalue weighted by molar-refractivity contribution is 7.09. The zero-order valence-electron chi connectivity index (χ0n) is 9.02. The van der Waals surface area contributed by atoms with Crippen molar-refractivity contribution in [2.45, 2.75) is 31.8 Å². The molecule has 2 unspecified atom stereocenters. The summed E-state index contributed by atoms with van der Waals surface area (Å²) in [5, 5.41) is 2.12. The lowest BCUT2D eigenvalue weighted by Crippen LogP contribution is -2.25. The maximum absolute atomic E-state index is 5.91. The zero-order valence-corrected chi connectivity index (χ0v) is 9.84. The van der Waals surface area contributed by atoms with Gasteiger partial charge in [-0.15, -0.1) is 11.3 Å². The van der Waals surface area contributed by atoms with Crippen molar-refractivity contribution in [2.75, 3.05) is 13.2 Å². The Morgan fingerprint density at radius 1 is 1.47 bits per heavy atom. The maximum atomic E-state index is 5.91. The standard InChI is InChI=1S/C12H19NOS/c13-9-10-3-1-5-12(10)14-7-6-11-4-2-8-15-11/h2,4,8,10,12H,1,3,5-7,9,13H2. The van der Waals surface area contributed by atoms with Crippen molar-refractivity contribution in [3.8, 4) is 0 Å². The van der Waals surface area contributed by atoms with Crippen molar-refractivity contribution in [3.63, 3.8) is 0 Å². The highest BCUT2D eigenvalue weighted by Gasteiger charge is 2.26. The van der Waals surface area contributed by atoms with Gasteiger partial charge in [-0.1, -0.05) is 12.5 Å². The monoisotopic (exact) mass is 225 g/mol. The van der Waals surface area contributed by atoms with Gasteiger partial charge in [0, 0.05) is 11.3 Å². The maximum Gasteiger partial charge on any atom is 0.0615 e. The van der Waals surface area contributed by atoms with Crippen LogP contribution in [-0.2, 0) is 11.2 Å². The Hall–Kier alpha value is -0.380. The van der Waals surface area contributed by atoms with Crippen molar-refractivity contribution in [1.29, 1.82) is 0 Å². The van der Waals surface area contributed by atoms with Crippen LogP contribution in [0.15, 0.2) is 17.5 Å². The van der Waals surface area contributed by atoms with Gasteiger partial charge in [0.05, 0.1) is 12.7 Å². The third-order valence-corrected chi connectivity index (χ3v) is 4.09. The Balaban J connectivity index is 1.69. The van der Waals surface area contributed by atoms with Crippen molar-refractivity contribution < 1.29 is 4.74 Å². The molecular weight excluding hydrogens is 206 g/mol. The quantitative estimate of drug-likeness (QED) is 0.835. The molecule has 1 aliphatic carbocycles. The number of hydrogen-bond acceptors (Lipinski definition) is 3. The van der Waals surface area contributed by atoms with Crippen LogP contribution in [0.3, 0.4) is 0 Å². The molecule has 1 saturated carbocycles. The minimum absolute atomic E-state index is 0.426. The first kappa shape index (κ1) is 11.1. The minimum atomic E-state index is 0.426. The van der Waals surface area contributed by atoms with Crippen LogP contribution in [0.1, 0.15) is 24.1 Å². The van der Waals surface area contributed by atoms with Crippen molar-refractivity contribution in [2.24, 2.45) is 11.7 Å². The van der Waals surface area contributed by atoms with E-state index in [1.807, 2.05) is 11.3 Å². The molecule has 0 bridgehead atoms. The number of rotatable bonds is 5. The lowest BCUT2D eigenvalue weighted by Gasteiger charge is -2.18. The van der Waals surface area contributed by atoms with Crippen molar-refractivity contribution in [3.05, 3.63) is 22.4 Å². The van der Waals surface area contributed by atoms with E-state index in [0.29, 0.717) is 12.0 Å². The fraction of sp³-hybridized carbons (Fsp3) is 0.667. The first-order valence-electron chi connectivity index (χ1n) is 5.74. The van der Waals surface area contributed by atoms with Gasteiger partial charge < -0.3 is 10.5 Å². The summed E-state index contributed by atoms with van der Waals surface area (Å²) in [6.07, 6.45) is 5.21. The summed E-state index contributed by atoms with van der Waals surface area (Å²) >= 11 is 1.81. The smallest absolute Gasteiger partial charge is 0.0615 e. The van der Waals surface area contributed by atoms with E-state index in [1.165, 1.54) is 24.1 Å². The van der Waals surface area contributed by atoms with E-state index in [9.17, 15) is 0 Å². The summed E-state index contributed by atoms with van der Waals surface area (Å²) in [7, 11) is 0.